The molecule has 7 heteroatoms. The van der Waals surface area contributed by atoms with E-state index in [1.54, 1.807) is 23.1 Å². The lowest BCUT2D eigenvalue weighted by atomic mass is 9.95. The summed E-state index contributed by atoms with van der Waals surface area (Å²) in [6, 6.07) is 12.3. The third-order valence-electron chi connectivity index (χ3n) is 5.49. The van der Waals surface area contributed by atoms with Gasteiger partial charge in [-0.3, -0.25) is 0 Å². The number of carboxylic acid groups (broad SMARTS) is 1. The van der Waals surface area contributed by atoms with Gasteiger partial charge in [0, 0.05) is 13.1 Å². The molecule has 3 aromatic rings. The highest BCUT2D eigenvalue weighted by atomic mass is 16.4. The van der Waals surface area contributed by atoms with Gasteiger partial charge in [0.2, 0.25) is 0 Å². The number of carbonyl (C=O) groups is 2. The Bertz CT molecular complexity index is 1040. The lowest BCUT2D eigenvalue weighted by molar-refractivity contribution is 0.0697. The Hall–Kier alpha value is -3.22. The molecule has 0 atom stereocenters. The minimum atomic E-state index is -0.967. The molecule has 0 bridgehead atoms. The van der Waals surface area contributed by atoms with E-state index >= 15 is 0 Å². The van der Waals surface area contributed by atoms with E-state index in [2.05, 4.69) is 10.3 Å². The summed E-state index contributed by atoms with van der Waals surface area (Å²) in [4.78, 5) is 25.9. The van der Waals surface area contributed by atoms with E-state index in [1.807, 2.05) is 31.3 Å². The summed E-state index contributed by atoms with van der Waals surface area (Å²) in [6.45, 7) is 0. The van der Waals surface area contributed by atoms with E-state index in [4.69, 9.17) is 0 Å². The second-order valence-corrected chi connectivity index (χ2v) is 7.28. The summed E-state index contributed by atoms with van der Waals surface area (Å²) in [6.07, 6.45) is 5.59. The predicted molar refractivity (Wildman–Crippen MR) is 105 cm³/mol. The summed E-state index contributed by atoms with van der Waals surface area (Å²) in [5, 5.41) is 17.4. The normalized spacial score (nSPS) is 14.9. The van der Waals surface area contributed by atoms with E-state index in [9.17, 15) is 14.7 Å². The highest BCUT2D eigenvalue weighted by Gasteiger charge is 2.25. The third-order valence-corrected chi connectivity index (χ3v) is 5.49. The van der Waals surface area contributed by atoms with E-state index in [1.165, 1.54) is 11.1 Å². The molecule has 0 unspecified atom stereocenters. The zero-order valence-corrected chi connectivity index (χ0v) is 15.7. The zero-order valence-electron chi connectivity index (χ0n) is 15.7. The number of rotatable bonds is 3. The molecular weight excluding hydrogens is 356 g/mol. The van der Waals surface area contributed by atoms with Crippen molar-refractivity contribution in [3.8, 4) is 11.1 Å². The number of carboxylic acids is 1. The highest BCUT2D eigenvalue weighted by Crippen LogP contribution is 2.26. The van der Waals surface area contributed by atoms with Crippen LogP contribution in [0, 0.1) is 0 Å². The monoisotopic (exact) mass is 378 g/mol. The zero-order chi connectivity index (χ0) is 19.7. The largest absolute Gasteiger partial charge is 0.478 e. The van der Waals surface area contributed by atoms with Gasteiger partial charge in [-0.1, -0.05) is 42.7 Å². The van der Waals surface area contributed by atoms with Crippen LogP contribution in [0.2, 0.25) is 0 Å². The average Bonchev–Trinajstić information content (AvgIpc) is 3.16. The number of nitrogens with zero attached hydrogens (tertiary/aromatic N) is 4. The van der Waals surface area contributed by atoms with Crippen molar-refractivity contribution in [1.82, 2.24) is 19.9 Å². The van der Waals surface area contributed by atoms with Crippen LogP contribution >= 0.6 is 0 Å². The lowest BCUT2D eigenvalue weighted by Crippen LogP contribution is -2.41. The summed E-state index contributed by atoms with van der Waals surface area (Å²) >= 11 is 0. The van der Waals surface area contributed by atoms with Gasteiger partial charge in [-0.05, 0) is 48.2 Å². The fourth-order valence-electron chi connectivity index (χ4n) is 3.85. The number of hydrogen-bond acceptors (Lipinski definition) is 4. The van der Waals surface area contributed by atoms with Crippen molar-refractivity contribution >= 4 is 23.0 Å². The maximum absolute atomic E-state index is 12.9. The number of amides is 1. The number of aromatic nitrogens is 3. The van der Waals surface area contributed by atoms with Gasteiger partial charge in [0.1, 0.15) is 5.52 Å². The second-order valence-electron chi connectivity index (χ2n) is 7.28. The Balaban J connectivity index is 1.64. The predicted octanol–water partition coefficient (Wildman–Crippen LogP) is 4.03. The fraction of sp³-hybridized carbons (Fsp3) is 0.333. The van der Waals surface area contributed by atoms with Crippen LogP contribution in [-0.4, -0.2) is 50.1 Å². The van der Waals surface area contributed by atoms with Gasteiger partial charge >= 0.3 is 12.0 Å². The molecule has 1 heterocycles. The second kappa shape index (κ2) is 7.42. The van der Waals surface area contributed by atoms with Crippen LogP contribution in [0.4, 0.5) is 4.79 Å². The van der Waals surface area contributed by atoms with Gasteiger partial charge in [0.05, 0.1) is 11.1 Å². The van der Waals surface area contributed by atoms with Crippen molar-refractivity contribution in [1.29, 1.82) is 0 Å². The van der Waals surface area contributed by atoms with Gasteiger partial charge < -0.3 is 10.0 Å². The highest BCUT2D eigenvalue weighted by molar-refractivity contribution is 5.92. The summed E-state index contributed by atoms with van der Waals surface area (Å²) in [5.74, 6) is -0.967. The first-order valence-corrected chi connectivity index (χ1v) is 9.51. The van der Waals surface area contributed by atoms with Crippen molar-refractivity contribution in [2.45, 2.75) is 38.1 Å². The van der Waals surface area contributed by atoms with E-state index < -0.39 is 5.97 Å². The average molecular weight is 378 g/mol. The molecule has 1 saturated carbocycles. The molecule has 2 aromatic carbocycles. The van der Waals surface area contributed by atoms with Crippen LogP contribution in [0.5, 0.6) is 0 Å². The summed E-state index contributed by atoms with van der Waals surface area (Å²) in [7, 11) is 1.83. The Morgan fingerprint density at radius 1 is 1.07 bits per heavy atom. The standard InChI is InChI=1S/C21H22N4O3/c1-24(17-8-3-2-4-9-17)21(28)25-19-11-10-15(13-18(19)22-23-25)14-6-5-7-16(12-14)20(26)27/h5-7,10-13,17H,2-4,8-9H2,1H3,(H,26,27). The molecule has 0 spiro atoms. The number of fused-ring (bicyclic) bond motifs is 1. The number of hydrogen-bond donors (Lipinski definition) is 1. The first-order chi connectivity index (χ1) is 13.5. The van der Waals surface area contributed by atoms with Crippen LogP contribution in [0.25, 0.3) is 22.2 Å². The number of aromatic carboxylic acids is 1. The number of benzene rings is 2. The topological polar surface area (TPSA) is 88.3 Å². The van der Waals surface area contributed by atoms with Crippen molar-refractivity contribution in [2.24, 2.45) is 0 Å². The van der Waals surface area contributed by atoms with E-state index in [0.29, 0.717) is 11.0 Å². The smallest absolute Gasteiger partial charge is 0.346 e. The van der Waals surface area contributed by atoms with Crippen LogP contribution in [0.3, 0.4) is 0 Å². The van der Waals surface area contributed by atoms with Crippen molar-refractivity contribution in [3.63, 3.8) is 0 Å². The van der Waals surface area contributed by atoms with Crippen LogP contribution in [-0.2, 0) is 0 Å². The van der Waals surface area contributed by atoms with E-state index in [0.717, 1.165) is 36.8 Å². The summed E-state index contributed by atoms with van der Waals surface area (Å²) < 4.78 is 1.35. The molecule has 1 N–H and O–H groups in total. The van der Waals surface area contributed by atoms with Crippen LogP contribution in [0.15, 0.2) is 42.5 Å². The van der Waals surface area contributed by atoms with Crippen LogP contribution < -0.4 is 0 Å². The van der Waals surface area contributed by atoms with Gasteiger partial charge in [0.15, 0.2) is 0 Å². The SMILES string of the molecule is CN(C(=O)n1nnc2cc(-c3cccc(C(=O)O)c3)ccc21)C1CCCCC1. The molecule has 1 aliphatic rings. The molecule has 0 radical (unpaired) electrons. The maximum Gasteiger partial charge on any atom is 0.346 e. The van der Waals surface area contributed by atoms with E-state index in [-0.39, 0.29) is 17.6 Å². The first kappa shape index (κ1) is 18.2. The maximum atomic E-state index is 12.9. The minimum Gasteiger partial charge on any atom is -0.478 e. The number of carbonyl (C=O) groups excluding carboxylic acids is 1. The molecule has 1 fully saturated rings. The molecule has 28 heavy (non-hydrogen) atoms. The Morgan fingerprint density at radius 3 is 2.57 bits per heavy atom. The first-order valence-electron chi connectivity index (χ1n) is 9.51. The van der Waals surface area contributed by atoms with Gasteiger partial charge in [-0.2, -0.15) is 4.68 Å². The van der Waals surface area contributed by atoms with Crippen molar-refractivity contribution in [2.75, 3.05) is 7.05 Å². The third kappa shape index (κ3) is 3.35. The lowest BCUT2D eigenvalue weighted by Gasteiger charge is -2.30. The fourth-order valence-corrected chi connectivity index (χ4v) is 3.85. The van der Waals surface area contributed by atoms with Crippen molar-refractivity contribution in [3.05, 3.63) is 48.0 Å². The quantitative estimate of drug-likeness (QED) is 0.743. The summed E-state index contributed by atoms with van der Waals surface area (Å²) in [5.41, 5.74) is 3.08. The van der Waals surface area contributed by atoms with Crippen molar-refractivity contribution < 1.29 is 14.7 Å². The molecule has 0 aliphatic heterocycles. The Kier molecular flexibility index (Phi) is 4.81. The van der Waals surface area contributed by atoms with Gasteiger partial charge in [0.25, 0.3) is 0 Å². The molecule has 1 aromatic heterocycles. The molecule has 144 valence electrons. The molecule has 4 rings (SSSR count). The molecule has 1 amide bonds. The molecule has 0 saturated heterocycles. The van der Waals surface area contributed by atoms with Gasteiger partial charge in [-0.25, -0.2) is 9.59 Å². The van der Waals surface area contributed by atoms with Crippen LogP contribution in [0.1, 0.15) is 42.5 Å². The Morgan fingerprint density at radius 2 is 1.82 bits per heavy atom. The molecular formula is C21H22N4O3. The molecule has 1 aliphatic carbocycles. The Labute approximate surface area is 162 Å². The van der Waals surface area contributed by atoms with Gasteiger partial charge in [-0.15, -0.1) is 5.10 Å². The molecule has 7 nitrogen and oxygen atoms in total. The minimum absolute atomic E-state index is 0.171.